The van der Waals surface area contributed by atoms with Crippen molar-refractivity contribution < 1.29 is 18.0 Å². The minimum Gasteiger partial charge on any atom is -0.340 e. The zero-order valence-electron chi connectivity index (χ0n) is 14.8. The van der Waals surface area contributed by atoms with Crippen LogP contribution in [-0.4, -0.2) is 41.9 Å². The first-order chi connectivity index (χ1) is 12.9. The van der Waals surface area contributed by atoms with E-state index in [1.54, 1.807) is 17.4 Å². The molecule has 0 radical (unpaired) electrons. The first kappa shape index (κ1) is 18.5. The van der Waals surface area contributed by atoms with Crippen molar-refractivity contribution in [1.82, 2.24) is 9.80 Å². The quantitative estimate of drug-likeness (QED) is 0.775. The van der Waals surface area contributed by atoms with E-state index < -0.39 is 11.7 Å². The van der Waals surface area contributed by atoms with Gasteiger partial charge in [-0.3, -0.25) is 9.69 Å². The van der Waals surface area contributed by atoms with E-state index in [4.69, 9.17) is 0 Å². The molecule has 1 saturated heterocycles. The van der Waals surface area contributed by atoms with E-state index in [0.29, 0.717) is 19.5 Å². The van der Waals surface area contributed by atoms with Crippen molar-refractivity contribution in [2.75, 3.05) is 26.2 Å². The van der Waals surface area contributed by atoms with Crippen LogP contribution in [-0.2, 0) is 17.5 Å². The minimum absolute atomic E-state index is 0.00718. The first-order valence-corrected chi connectivity index (χ1v) is 10.0. The highest BCUT2D eigenvalue weighted by atomic mass is 32.1. The second-order valence-corrected chi connectivity index (χ2v) is 8.25. The van der Waals surface area contributed by atoms with Gasteiger partial charge < -0.3 is 4.90 Å². The van der Waals surface area contributed by atoms with Gasteiger partial charge in [-0.1, -0.05) is 24.3 Å². The third-order valence-electron chi connectivity index (χ3n) is 5.42. The Morgan fingerprint density at radius 3 is 2.48 bits per heavy atom. The monoisotopic (exact) mass is 394 g/mol. The van der Waals surface area contributed by atoms with E-state index in [1.807, 2.05) is 11.0 Å². The molecular weight excluding hydrogens is 373 g/mol. The Balaban J connectivity index is 1.35. The van der Waals surface area contributed by atoms with E-state index in [1.165, 1.54) is 17.0 Å². The molecule has 4 rings (SSSR count). The topological polar surface area (TPSA) is 23.6 Å². The van der Waals surface area contributed by atoms with Gasteiger partial charge in [0.25, 0.3) is 0 Å². The van der Waals surface area contributed by atoms with Crippen molar-refractivity contribution in [3.05, 3.63) is 57.8 Å². The van der Waals surface area contributed by atoms with Crippen molar-refractivity contribution in [2.45, 2.75) is 25.1 Å². The van der Waals surface area contributed by atoms with Gasteiger partial charge in [0.2, 0.25) is 5.91 Å². The van der Waals surface area contributed by atoms with Gasteiger partial charge in [-0.25, -0.2) is 0 Å². The fourth-order valence-corrected chi connectivity index (χ4v) is 4.62. The Labute approximate surface area is 160 Å². The SMILES string of the molecule is O=C(C1CC1c1ccccc1C(F)(F)F)N1CCN(Cc2cccs2)CC1. The Bertz CT molecular complexity index is 798. The van der Waals surface area contributed by atoms with Gasteiger partial charge >= 0.3 is 6.18 Å². The maximum Gasteiger partial charge on any atom is 0.416 e. The van der Waals surface area contributed by atoms with Gasteiger partial charge in [-0.05, 0) is 35.4 Å². The van der Waals surface area contributed by atoms with Crippen LogP contribution in [0.2, 0.25) is 0 Å². The van der Waals surface area contributed by atoms with Crippen LogP contribution in [0.25, 0.3) is 0 Å². The average molecular weight is 394 g/mol. The molecule has 2 atom stereocenters. The van der Waals surface area contributed by atoms with Crippen LogP contribution < -0.4 is 0 Å². The van der Waals surface area contributed by atoms with Crippen molar-refractivity contribution in [1.29, 1.82) is 0 Å². The molecular formula is C20H21F3N2OS. The number of hydrogen-bond donors (Lipinski definition) is 0. The zero-order valence-corrected chi connectivity index (χ0v) is 15.6. The predicted octanol–water partition coefficient (Wildman–Crippen LogP) is 4.21. The van der Waals surface area contributed by atoms with Gasteiger partial charge in [0, 0.05) is 43.5 Å². The highest BCUT2D eigenvalue weighted by Gasteiger charge is 2.49. The number of halogens is 3. The molecule has 2 unspecified atom stereocenters. The Morgan fingerprint density at radius 1 is 1.07 bits per heavy atom. The molecule has 2 fully saturated rings. The zero-order chi connectivity index (χ0) is 19.0. The third-order valence-corrected chi connectivity index (χ3v) is 6.28. The van der Waals surface area contributed by atoms with Crippen molar-refractivity contribution >= 4 is 17.2 Å². The second kappa shape index (κ2) is 7.28. The molecule has 1 aliphatic heterocycles. The average Bonchev–Trinajstić information content (AvgIpc) is 3.29. The largest absolute Gasteiger partial charge is 0.416 e. The van der Waals surface area contributed by atoms with Crippen molar-refractivity contribution in [3.63, 3.8) is 0 Å². The van der Waals surface area contributed by atoms with E-state index in [0.717, 1.165) is 25.7 Å². The van der Waals surface area contributed by atoms with Crippen LogP contribution in [0.5, 0.6) is 0 Å². The molecule has 144 valence electrons. The summed E-state index contributed by atoms with van der Waals surface area (Å²) in [4.78, 5) is 18.2. The third kappa shape index (κ3) is 4.04. The number of benzene rings is 1. The lowest BCUT2D eigenvalue weighted by molar-refractivity contribution is -0.139. The van der Waals surface area contributed by atoms with Gasteiger partial charge in [-0.15, -0.1) is 11.3 Å². The minimum atomic E-state index is -4.37. The van der Waals surface area contributed by atoms with Crippen LogP contribution in [0.3, 0.4) is 0 Å². The summed E-state index contributed by atoms with van der Waals surface area (Å²) in [5, 5.41) is 2.06. The van der Waals surface area contributed by atoms with Crippen LogP contribution in [0.4, 0.5) is 13.2 Å². The Morgan fingerprint density at radius 2 is 1.81 bits per heavy atom. The van der Waals surface area contributed by atoms with Crippen LogP contribution in [0.15, 0.2) is 41.8 Å². The lowest BCUT2D eigenvalue weighted by Crippen LogP contribution is -2.48. The standard InChI is InChI=1S/C20H21F3N2OS/c21-20(22,23)18-6-2-1-5-15(18)16-12-17(16)19(26)25-9-7-24(8-10-25)13-14-4-3-11-27-14/h1-6,11,16-17H,7-10,12-13H2. The summed E-state index contributed by atoms with van der Waals surface area (Å²) in [6.07, 6.45) is -3.86. The number of rotatable bonds is 4. The predicted molar refractivity (Wildman–Crippen MR) is 98.5 cm³/mol. The van der Waals surface area contributed by atoms with Crippen molar-refractivity contribution in [3.8, 4) is 0 Å². The Kier molecular flexibility index (Phi) is 4.99. The number of thiophene rings is 1. The second-order valence-electron chi connectivity index (χ2n) is 7.21. The molecule has 0 spiro atoms. The molecule has 7 heteroatoms. The summed E-state index contributed by atoms with van der Waals surface area (Å²) in [5.41, 5.74) is -0.342. The van der Waals surface area contributed by atoms with Gasteiger partial charge in [0.05, 0.1) is 5.56 Å². The molecule has 1 aromatic heterocycles. The van der Waals surface area contributed by atoms with E-state index >= 15 is 0 Å². The maximum absolute atomic E-state index is 13.2. The molecule has 2 aliphatic rings. The fraction of sp³-hybridized carbons (Fsp3) is 0.450. The van der Waals surface area contributed by atoms with Crippen LogP contribution in [0.1, 0.15) is 28.3 Å². The van der Waals surface area contributed by atoms with E-state index in [-0.39, 0.29) is 23.3 Å². The molecule has 1 aromatic carbocycles. The van der Waals surface area contributed by atoms with Gasteiger partial charge in [0.1, 0.15) is 0 Å². The molecule has 27 heavy (non-hydrogen) atoms. The molecule has 3 nitrogen and oxygen atoms in total. The summed E-state index contributed by atoms with van der Waals surface area (Å²) >= 11 is 1.73. The summed E-state index contributed by atoms with van der Waals surface area (Å²) in [6.45, 7) is 3.80. The first-order valence-electron chi connectivity index (χ1n) is 9.13. The number of carbonyl (C=O) groups excluding carboxylic acids is 1. The summed E-state index contributed by atoms with van der Waals surface area (Å²) in [6, 6.07) is 9.78. The molecule has 2 heterocycles. The highest BCUT2D eigenvalue weighted by Crippen LogP contribution is 2.51. The fourth-order valence-electron chi connectivity index (χ4n) is 3.87. The van der Waals surface area contributed by atoms with Gasteiger partial charge in [0.15, 0.2) is 0 Å². The Hall–Kier alpha value is -1.86. The highest BCUT2D eigenvalue weighted by molar-refractivity contribution is 7.09. The number of piperazine rings is 1. The number of alkyl halides is 3. The molecule has 1 saturated carbocycles. The lowest BCUT2D eigenvalue weighted by Gasteiger charge is -2.34. The molecule has 1 amide bonds. The molecule has 0 bridgehead atoms. The number of hydrogen-bond acceptors (Lipinski definition) is 3. The number of nitrogens with zero attached hydrogens (tertiary/aromatic N) is 2. The number of amides is 1. The van der Waals surface area contributed by atoms with Crippen LogP contribution >= 0.6 is 11.3 Å². The maximum atomic E-state index is 13.2. The normalized spacial score (nSPS) is 23.4. The summed E-state index contributed by atoms with van der Waals surface area (Å²) < 4.78 is 39.7. The molecule has 2 aromatic rings. The molecule has 1 aliphatic carbocycles. The van der Waals surface area contributed by atoms with Gasteiger partial charge in [-0.2, -0.15) is 13.2 Å². The summed E-state index contributed by atoms with van der Waals surface area (Å²) in [5.74, 6) is -0.607. The molecule has 0 N–H and O–H groups in total. The van der Waals surface area contributed by atoms with E-state index in [2.05, 4.69) is 16.3 Å². The van der Waals surface area contributed by atoms with Crippen LogP contribution in [0, 0.1) is 5.92 Å². The smallest absolute Gasteiger partial charge is 0.340 e. The lowest BCUT2D eigenvalue weighted by atomic mass is 10.0. The van der Waals surface area contributed by atoms with Crippen molar-refractivity contribution in [2.24, 2.45) is 5.92 Å². The number of carbonyl (C=O) groups is 1. The van der Waals surface area contributed by atoms with E-state index in [9.17, 15) is 18.0 Å². The summed E-state index contributed by atoms with van der Waals surface area (Å²) in [7, 11) is 0.